The number of hydrogen-bond acceptors (Lipinski definition) is 1. The molecule has 0 spiro atoms. The Morgan fingerprint density at radius 1 is 0.941 bits per heavy atom. The Kier molecular flexibility index (Phi) is 4.64. The van der Waals surface area contributed by atoms with E-state index < -0.39 is 35.9 Å². The second kappa shape index (κ2) is 4.86. The summed E-state index contributed by atoms with van der Waals surface area (Å²) in [5.74, 6) is -5.68. The van der Waals surface area contributed by atoms with Gasteiger partial charge in [0.2, 0.25) is 5.92 Å². The van der Waals surface area contributed by atoms with E-state index in [2.05, 4.69) is 0 Å². The standard InChI is InChI=1S/C10H14F6O/c1-8(2,3)5-4-6(17)7(9(11,12)13)10(14,15)16/h7H,4-5H2,1-3H3. The molecule has 0 aromatic heterocycles. The Morgan fingerprint density at radius 2 is 1.29 bits per heavy atom. The minimum Gasteiger partial charge on any atom is -0.299 e. The minimum atomic E-state index is -5.58. The Morgan fingerprint density at radius 3 is 1.53 bits per heavy atom. The lowest BCUT2D eigenvalue weighted by molar-refractivity contribution is -0.273. The lowest BCUT2D eigenvalue weighted by Crippen LogP contribution is -2.42. The predicted octanol–water partition coefficient (Wildman–Crippen LogP) is 4.12. The number of carbonyl (C=O) groups is 1. The van der Waals surface area contributed by atoms with Crippen LogP contribution in [0.5, 0.6) is 0 Å². The molecule has 0 amide bonds. The zero-order valence-electron chi connectivity index (χ0n) is 9.67. The fourth-order valence-corrected chi connectivity index (χ4v) is 1.19. The number of Topliss-reactive ketones (excluding diaryl/α,β-unsaturated/α-hetero) is 1. The van der Waals surface area contributed by atoms with E-state index in [0.29, 0.717) is 0 Å². The third kappa shape index (κ3) is 5.93. The maximum absolute atomic E-state index is 12.1. The molecule has 0 aliphatic carbocycles. The van der Waals surface area contributed by atoms with Crippen LogP contribution < -0.4 is 0 Å². The van der Waals surface area contributed by atoms with Gasteiger partial charge in [-0.2, -0.15) is 26.3 Å². The normalized spacial score (nSPS) is 14.2. The molecule has 0 saturated carbocycles. The summed E-state index contributed by atoms with van der Waals surface area (Å²) >= 11 is 0. The van der Waals surface area contributed by atoms with Gasteiger partial charge in [-0.15, -0.1) is 0 Å². The van der Waals surface area contributed by atoms with E-state index in [-0.39, 0.29) is 6.42 Å². The van der Waals surface area contributed by atoms with Gasteiger partial charge >= 0.3 is 12.4 Å². The SMILES string of the molecule is CC(C)(C)CCC(=O)C(C(F)(F)F)C(F)(F)F. The topological polar surface area (TPSA) is 17.1 Å². The summed E-state index contributed by atoms with van der Waals surface area (Å²) in [7, 11) is 0. The number of rotatable bonds is 3. The highest BCUT2D eigenvalue weighted by Crippen LogP contribution is 2.41. The van der Waals surface area contributed by atoms with Crippen LogP contribution in [0.2, 0.25) is 0 Å². The summed E-state index contributed by atoms with van der Waals surface area (Å²) in [6.07, 6.45) is -11.9. The van der Waals surface area contributed by atoms with E-state index in [0.717, 1.165) is 0 Å². The monoisotopic (exact) mass is 264 g/mol. The lowest BCUT2D eigenvalue weighted by Gasteiger charge is -2.23. The molecule has 0 aromatic carbocycles. The number of halogens is 6. The van der Waals surface area contributed by atoms with Crippen LogP contribution >= 0.6 is 0 Å². The maximum Gasteiger partial charge on any atom is 0.407 e. The average molecular weight is 264 g/mol. The van der Waals surface area contributed by atoms with Crippen molar-refractivity contribution in [1.29, 1.82) is 0 Å². The molecular weight excluding hydrogens is 250 g/mol. The first-order chi connectivity index (χ1) is 7.25. The van der Waals surface area contributed by atoms with E-state index in [4.69, 9.17) is 0 Å². The average Bonchev–Trinajstić information content (AvgIpc) is 1.93. The van der Waals surface area contributed by atoms with E-state index in [1.165, 1.54) is 0 Å². The van der Waals surface area contributed by atoms with Crippen molar-refractivity contribution < 1.29 is 31.1 Å². The molecule has 0 aliphatic heterocycles. The number of hydrogen-bond donors (Lipinski definition) is 0. The smallest absolute Gasteiger partial charge is 0.299 e. The van der Waals surface area contributed by atoms with Crippen molar-refractivity contribution in [2.45, 2.75) is 46.0 Å². The second-order valence-corrected chi connectivity index (χ2v) is 5.04. The summed E-state index contributed by atoms with van der Waals surface area (Å²) < 4.78 is 72.9. The van der Waals surface area contributed by atoms with Gasteiger partial charge in [0.1, 0.15) is 0 Å². The van der Waals surface area contributed by atoms with Crippen molar-refractivity contribution >= 4 is 5.78 Å². The largest absolute Gasteiger partial charge is 0.407 e. The van der Waals surface area contributed by atoms with Crippen LogP contribution in [-0.4, -0.2) is 18.1 Å². The Balaban J connectivity index is 4.81. The summed E-state index contributed by atoms with van der Waals surface area (Å²) in [5.41, 5.74) is -0.489. The third-order valence-corrected chi connectivity index (χ3v) is 2.10. The van der Waals surface area contributed by atoms with Crippen molar-refractivity contribution in [1.82, 2.24) is 0 Å². The molecule has 0 bridgehead atoms. The molecule has 0 heterocycles. The minimum absolute atomic E-state index is 0.0194. The zero-order valence-corrected chi connectivity index (χ0v) is 9.67. The Bertz CT molecular complexity index is 256. The predicted molar refractivity (Wildman–Crippen MR) is 49.3 cm³/mol. The highest BCUT2D eigenvalue weighted by molar-refractivity contribution is 5.82. The summed E-state index contributed by atoms with van der Waals surface area (Å²) in [6, 6.07) is 0. The molecule has 0 unspecified atom stereocenters. The molecule has 0 N–H and O–H groups in total. The first-order valence-electron chi connectivity index (χ1n) is 4.91. The van der Waals surface area contributed by atoms with Crippen molar-refractivity contribution in [2.75, 3.05) is 0 Å². The van der Waals surface area contributed by atoms with Gasteiger partial charge in [0, 0.05) is 6.42 Å². The fraction of sp³-hybridized carbons (Fsp3) is 0.900. The van der Waals surface area contributed by atoms with Crippen LogP contribution in [0.4, 0.5) is 26.3 Å². The number of alkyl halides is 6. The molecule has 0 rings (SSSR count). The van der Waals surface area contributed by atoms with Gasteiger partial charge in [0.15, 0.2) is 5.78 Å². The fourth-order valence-electron chi connectivity index (χ4n) is 1.19. The van der Waals surface area contributed by atoms with Crippen LogP contribution in [0, 0.1) is 11.3 Å². The van der Waals surface area contributed by atoms with Crippen molar-refractivity contribution in [2.24, 2.45) is 11.3 Å². The molecule has 0 saturated heterocycles. The number of ketones is 1. The summed E-state index contributed by atoms with van der Waals surface area (Å²) in [4.78, 5) is 11.0. The zero-order chi connectivity index (χ0) is 14.1. The van der Waals surface area contributed by atoms with E-state index in [1.807, 2.05) is 0 Å². The van der Waals surface area contributed by atoms with E-state index in [9.17, 15) is 31.1 Å². The van der Waals surface area contributed by atoms with Crippen LogP contribution in [-0.2, 0) is 4.79 Å². The van der Waals surface area contributed by atoms with Crippen LogP contribution in [0.1, 0.15) is 33.6 Å². The maximum atomic E-state index is 12.1. The van der Waals surface area contributed by atoms with Gasteiger partial charge < -0.3 is 0 Å². The van der Waals surface area contributed by atoms with Gasteiger partial charge in [-0.25, -0.2) is 0 Å². The third-order valence-electron chi connectivity index (χ3n) is 2.10. The molecule has 0 aromatic rings. The Hall–Kier alpha value is -0.750. The van der Waals surface area contributed by atoms with Crippen LogP contribution in [0.15, 0.2) is 0 Å². The second-order valence-electron chi connectivity index (χ2n) is 5.04. The molecule has 102 valence electrons. The molecule has 7 heteroatoms. The molecule has 0 atom stereocenters. The van der Waals surface area contributed by atoms with Gasteiger partial charge in [0.05, 0.1) is 0 Å². The molecule has 17 heavy (non-hydrogen) atoms. The van der Waals surface area contributed by atoms with E-state index in [1.54, 1.807) is 20.8 Å². The van der Waals surface area contributed by atoms with Gasteiger partial charge in [-0.3, -0.25) is 4.79 Å². The molecule has 0 aliphatic rings. The molecule has 0 radical (unpaired) electrons. The first-order valence-corrected chi connectivity index (χ1v) is 4.91. The first kappa shape index (κ1) is 16.2. The van der Waals surface area contributed by atoms with Crippen LogP contribution in [0.25, 0.3) is 0 Å². The molecule has 0 fully saturated rings. The van der Waals surface area contributed by atoms with Gasteiger partial charge in [-0.1, -0.05) is 20.8 Å². The van der Waals surface area contributed by atoms with E-state index >= 15 is 0 Å². The van der Waals surface area contributed by atoms with Crippen molar-refractivity contribution in [3.63, 3.8) is 0 Å². The lowest BCUT2D eigenvalue weighted by atomic mass is 9.87. The Labute approximate surface area is 95.2 Å². The summed E-state index contributed by atoms with van der Waals surface area (Å²) in [6.45, 7) is 4.91. The molecule has 1 nitrogen and oxygen atoms in total. The highest BCUT2D eigenvalue weighted by Gasteiger charge is 2.60. The van der Waals surface area contributed by atoms with Crippen molar-refractivity contribution in [3.8, 4) is 0 Å². The van der Waals surface area contributed by atoms with Crippen LogP contribution in [0.3, 0.4) is 0 Å². The van der Waals surface area contributed by atoms with Crippen molar-refractivity contribution in [3.05, 3.63) is 0 Å². The number of carbonyl (C=O) groups excluding carboxylic acids is 1. The summed E-state index contributed by atoms with van der Waals surface area (Å²) in [5, 5.41) is 0. The quantitative estimate of drug-likeness (QED) is 0.701. The van der Waals surface area contributed by atoms with Gasteiger partial charge in [-0.05, 0) is 11.8 Å². The highest BCUT2D eigenvalue weighted by atomic mass is 19.4. The van der Waals surface area contributed by atoms with Gasteiger partial charge in [0.25, 0.3) is 0 Å². The molecular formula is C10H14F6O.